The Bertz CT molecular complexity index is 1270. The number of aryl methyl sites for hydroxylation is 1. The molecule has 0 spiro atoms. The molecule has 4 rings (SSSR count). The first-order valence-electron chi connectivity index (χ1n) is 9.68. The van der Waals surface area contributed by atoms with E-state index in [2.05, 4.69) is 20.8 Å². The summed E-state index contributed by atoms with van der Waals surface area (Å²) < 4.78 is 13.2. The smallest absolute Gasteiger partial charge is 0.256 e. The van der Waals surface area contributed by atoms with E-state index in [0.717, 1.165) is 16.7 Å². The predicted octanol–water partition coefficient (Wildman–Crippen LogP) is 6.61. The Morgan fingerprint density at radius 1 is 1.06 bits per heavy atom. The Kier molecular flexibility index (Phi) is 6.58. The van der Waals surface area contributed by atoms with Crippen molar-refractivity contribution in [3.05, 3.63) is 100 Å². The van der Waals surface area contributed by atoms with Gasteiger partial charge in [0.15, 0.2) is 0 Å². The molecule has 3 aromatic carbocycles. The molecule has 0 bridgehead atoms. The van der Waals surface area contributed by atoms with Crippen molar-refractivity contribution < 1.29 is 9.18 Å². The predicted molar refractivity (Wildman–Crippen MR) is 129 cm³/mol. The maximum atomic E-state index is 13.2. The number of thiazole rings is 1. The van der Waals surface area contributed by atoms with Gasteiger partial charge in [-0.25, -0.2) is 9.37 Å². The second-order valence-electron chi connectivity index (χ2n) is 6.92. The molecule has 0 aliphatic heterocycles. The zero-order chi connectivity index (χ0) is 22.5. The number of rotatable bonds is 6. The molecule has 4 aromatic rings. The highest BCUT2D eigenvalue weighted by Gasteiger charge is 2.16. The molecule has 2 N–H and O–H groups in total. The van der Waals surface area contributed by atoms with Crippen LogP contribution in [0.5, 0.6) is 0 Å². The van der Waals surface area contributed by atoms with Crippen LogP contribution < -0.4 is 10.7 Å². The van der Waals surface area contributed by atoms with Gasteiger partial charge in [0.25, 0.3) is 5.91 Å². The summed E-state index contributed by atoms with van der Waals surface area (Å²) in [4.78, 5) is 17.3. The van der Waals surface area contributed by atoms with E-state index < -0.39 is 5.82 Å². The first-order chi connectivity index (χ1) is 15.5. The van der Waals surface area contributed by atoms with Crippen molar-refractivity contribution in [2.45, 2.75) is 6.92 Å². The summed E-state index contributed by atoms with van der Waals surface area (Å²) >= 11 is 7.40. The SMILES string of the molecule is Cc1ccc(-c2nc(NN=Cc3ccccc3Cl)sc2NC(=O)c2ccc(F)cc2)cc1. The van der Waals surface area contributed by atoms with Gasteiger partial charge in [-0.05, 0) is 37.3 Å². The van der Waals surface area contributed by atoms with Crippen LogP contribution in [-0.2, 0) is 0 Å². The minimum atomic E-state index is -0.400. The highest BCUT2D eigenvalue weighted by atomic mass is 35.5. The van der Waals surface area contributed by atoms with E-state index in [1.807, 2.05) is 49.4 Å². The van der Waals surface area contributed by atoms with E-state index in [4.69, 9.17) is 11.6 Å². The Morgan fingerprint density at radius 3 is 2.50 bits per heavy atom. The zero-order valence-electron chi connectivity index (χ0n) is 17.0. The minimum absolute atomic E-state index is 0.348. The summed E-state index contributed by atoms with van der Waals surface area (Å²) in [6, 6.07) is 20.5. The van der Waals surface area contributed by atoms with Gasteiger partial charge >= 0.3 is 0 Å². The Labute approximate surface area is 193 Å². The van der Waals surface area contributed by atoms with E-state index >= 15 is 0 Å². The van der Waals surface area contributed by atoms with Gasteiger partial charge in [-0.1, -0.05) is 71.0 Å². The summed E-state index contributed by atoms with van der Waals surface area (Å²) in [5, 5.41) is 8.74. The van der Waals surface area contributed by atoms with Crippen molar-refractivity contribution in [3.8, 4) is 11.3 Å². The van der Waals surface area contributed by atoms with E-state index in [-0.39, 0.29) is 5.91 Å². The van der Waals surface area contributed by atoms with Crippen LogP contribution in [0.15, 0.2) is 77.9 Å². The second-order valence-corrected chi connectivity index (χ2v) is 8.32. The zero-order valence-corrected chi connectivity index (χ0v) is 18.5. The summed E-state index contributed by atoms with van der Waals surface area (Å²) in [6.07, 6.45) is 1.60. The number of hydrogen-bond acceptors (Lipinski definition) is 5. The van der Waals surface area contributed by atoms with Gasteiger partial charge in [-0.2, -0.15) is 5.10 Å². The minimum Gasteiger partial charge on any atom is -0.312 e. The van der Waals surface area contributed by atoms with Crippen LogP contribution in [0.1, 0.15) is 21.5 Å². The number of nitrogens with zero attached hydrogens (tertiary/aromatic N) is 2. The first-order valence-corrected chi connectivity index (χ1v) is 10.9. The molecule has 0 aliphatic rings. The highest BCUT2D eigenvalue weighted by molar-refractivity contribution is 7.20. The molecule has 1 amide bonds. The normalized spacial score (nSPS) is 11.0. The number of benzene rings is 3. The number of amides is 1. The number of halogens is 2. The molecular weight excluding hydrogens is 447 g/mol. The van der Waals surface area contributed by atoms with Gasteiger partial charge in [-0.3, -0.25) is 10.2 Å². The monoisotopic (exact) mass is 464 g/mol. The number of carbonyl (C=O) groups excluding carboxylic acids is 1. The lowest BCUT2D eigenvalue weighted by Crippen LogP contribution is -2.11. The van der Waals surface area contributed by atoms with Crippen molar-refractivity contribution in [2.75, 3.05) is 10.7 Å². The molecule has 1 heterocycles. The van der Waals surface area contributed by atoms with Crippen LogP contribution in [0, 0.1) is 12.7 Å². The van der Waals surface area contributed by atoms with Crippen molar-refractivity contribution in [1.82, 2.24) is 4.98 Å². The number of anilines is 2. The molecule has 8 heteroatoms. The lowest BCUT2D eigenvalue weighted by atomic mass is 10.1. The molecule has 0 unspecified atom stereocenters. The third kappa shape index (κ3) is 5.19. The van der Waals surface area contributed by atoms with E-state index in [0.29, 0.717) is 26.4 Å². The molecule has 160 valence electrons. The average Bonchev–Trinajstić information content (AvgIpc) is 3.18. The number of nitrogens with one attached hydrogen (secondary N) is 2. The molecule has 0 saturated carbocycles. The number of carbonyl (C=O) groups is 1. The average molecular weight is 465 g/mol. The quantitative estimate of drug-likeness (QED) is 0.249. The van der Waals surface area contributed by atoms with Crippen LogP contribution in [0.3, 0.4) is 0 Å². The van der Waals surface area contributed by atoms with Crippen LogP contribution in [0.4, 0.5) is 14.5 Å². The fourth-order valence-corrected chi connectivity index (χ4v) is 3.89. The van der Waals surface area contributed by atoms with Gasteiger partial charge in [0.1, 0.15) is 16.5 Å². The van der Waals surface area contributed by atoms with Crippen molar-refractivity contribution in [2.24, 2.45) is 5.10 Å². The van der Waals surface area contributed by atoms with E-state index in [1.165, 1.54) is 35.6 Å². The maximum absolute atomic E-state index is 13.2. The molecular formula is C24H18ClFN4OS. The van der Waals surface area contributed by atoms with Crippen molar-refractivity contribution in [1.29, 1.82) is 0 Å². The van der Waals surface area contributed by atoms with Gasteiger partial charge in [-0.15, -0.1) is 0 Å². The van der Waals surface area contributed by atoms with Crippen LogP contribution >= 0.6 is 22.9 Å². The topological polar surface area (TPSA) is 66.4 Å². The third-order valence-electron chi connectivity index (χ3n) is 4.55. The molecule has 32 heavy (non-hydrogen) atoms. The molecule has 0 atom stereocenters. The van der Waals surface area contributed by atoms with Gasteiger partial charge in [0, 0.05) is 21.7 Å². The first kappa shape index (κ1) is 21.7. The van der Waals surface area contributed by atoms with Crippen LogP contribution in [-0.4, -0.2) is 17.1 Å². The molecule has 5 nitrogen and oxygen atoms in total. The molecule has 0 saturated heterocycles. The van der Waals surface area contributed by atoms with Crippen molar-refractivity contribution in [3.63, 3.8) is 0 Å². The van der Waals surface area contributed by atoms with Crippen LogP contribution in [0.25, 0.3) is 11.3 Å². The Hall–Kier alpha value is -3.55. The molecule has 0 fully saturated rings. The fraction of sp³-hybridized carbons (Fsp3) is 0.0417. The van der Waals surface area contributed by atoms with Gasteiger partial charge in [0.2, 0.25) is 5.13 Å². The molecule has 0 radical (unpaired) electrons. The fourth-order valence-electron chi connectivity index (χ4n) is 2.87. The largest absolute Gasteiger partial charge is 0.312 e. The maximum Gasteiger partial charge on any atom is 0.256 e. The van der Waals surface area contributed by atoms with Gasteiger partial charge in [0.05, 0.1) is 6.21 Å². The van der Waals surface area contributed by atoms with Gasteiger partial charge < -0.3 is 5.32 Å². The number of hydrazone groups is 1. The Morgan fingerprint density at radius 2 is 1.78 bits per heavy atom. The highest BCUT2D eigenvalue weighted by Crippen LogP contribution is 2.36. The summed E-state index contributed by atoms with van der Waals surface area (Å²) in [5.74, 6) is -0.754. The summed E-state index contributed by atoms with van der Waals surface area (Å²) in [6.45, 7) is 2.00. The van der Waals surface area contributed by atoms with Crippen molar-refractivity contribution >= 4 is 45.2 Å². The van der Waals surface area contributed by atoms with E-state index in [9.17, 15) is 9.18 Å². The molecule has 0 aliphatic carbocycles. The van der Waals surface area contributed by atoms with Crippen LogP contribution in [0.2, 0.25) is 5.02 Å². The molecule has 1 aromatic heterocycles. The standard InChI is InChI=1S/C24H18ClFN4OS/c1-15-6-8-16(9-7-15)21-23(29-22(31)17-10-12-19(26)13-11-17)32-24(28-21)30-27-14-18-4-2-3-5-20(18)25/h2-14H,1H3,(H,28,30)(H,29,31). The number of hydrogen-bond donors (Lipinski definition) is 2. The Balaban J connectivity index is 1.61. The number of aromatic nitrogens is 1. The second kappa shape index (κ2) is 9.72. The summed E-state index contributed by atoms with van der Waals surface area (Å²) in [5.41, 5.74) is 6.59. The lowest BCUT2D eigenvalue weighted by molar-refractivity contribution is 0.102. The van der Waals surface area contributed by atoms with E-state index in [1.54, 1.807) is 12.3 Å². The lowest BCUT2D eigenvalue weighted by Gasteiger charge is -2.06. The summed E-state index contributed by atoms with van der Waals surface area (Å²) in [7, 11) is 0. The third-order valence-corrected chi connectivity index (χ3v) is 5.77.